The van der Waals surface area contributed by atoms with Gasteiger partial charge in [0.2, 0.25) is 0 Å². The van der Waals surface area contributed by atoms with Crippen molar-refractivity contribution in [1.82, 2.24) is 10.2 Å². The molecule has 0 bridgehead atoms. The second-order valence-corrected chi connectivity index (χ2v) is 8.83. The van der Waals surface area contributed by atoms with E-state index in [1.165, 1.54) is 13.0 Å². The minimum atomic E-state index is -0.0269. The monoisotopic (exact) mass is 298 g/mol. The Morgan fingerprint density at radius 1 is 1.19 bits per heavy atom. The summed E-state index contributed by atoms with van der Waals surface area (Å²) in [7, 11) is 1.82. The lowest BCUT2D eigenvalue weighted by Crippen LogP contribution is -2.61. The van der Waals surface area contributed by atoms with Crippen molar-refractivity contribution in [2.45, 2.75) is 79.0 Å². The van der Waals surface area contributed by atoms with E-state index in [0.29, 0.717) is 17.5 Å². The first kappa shape index (κ1) is 18.9. The Labute approximate surface area is 132 Å². The number of ether oxygens (including phenoxy) is 1. The molecule has 1 rings (SSSR count). The molecule has 0 amide bonds. The summed E-state index contributed by atoms with van der Waals surface area (Å²) in [6.45, 7) is 19.5. The normalized spacial score (nSPS) is 25.6. The first-order chi connectivity index (χ1) is 9.55. The fourth-order valence-corrected chi connectivity index (χ4v) is 3.23. The van der Waals surface area contributed by atoms with Crippen LogP contribution in [0.25, 0.3) is 0 Å². The molecule has 0 aromatic carbocycles. The van der Waals surface area contributed by atoms with Gasteiger partial charge in [0.25, 0.3) is 0 Å². The fraction of sp³-hybridized carbons (Fsp3) is 1.00. The van der Waals surface area contributed by atoms with Crippen LogP contribution in [-0.2, 0) is 4.74 Å². The number of methoxy groups -OCH3 is 1. The number of rotatable bonds is 6. The molecule has 0 aromatic rings. The molecule has 3 heteroatoms. The van der Waals surface area contributed by atoms with Crippen molar-refractivity contribution in [2.75, 3.05) is 26.7 Å². The molecule has 0 radical (unpaired) electrons. The molecule has 0 aliphatic carbocycles. The minimum Gasteiger partial charge on any atom is -0.379 e. The highest BCUT2D eigenvalue weighted by Crippen LogP contribution is 2.28. The molecule has 1 heterocycles. The predicted molar refractivity (Wildman–Crippen MR) is 91.8 cm³/mol. The van der Waals surface area contributed by atoms with Gasteiger partial charge in [0.15, 0.2) is 0 Å². The topological polar surface area (TPSA) is 24.5 Å². The molecular weight excluding hydrogens is 260 g/mol. The second-order valence-electron chi connectivity index (χ2n) is 8.83. The van der Waals surface area contributed by atoms with Gasteiger partial charge in [-0.15, -0.1) is 0 Å². The molecule has 1 aliphatic heterocycles. The van der Waals surface area contributed by atoms with Crippen LogP contribution < -0.4 is 5.32 Å². The van der Waals surface area contributed by atoms with Crippen LogP contribution in [0.15, 0.2) is 0 Å². The zero-order valence-corrected chi connectivity index (χ0v) is 15.6. The van der Waals surface area contributed by atoms with Gasteiger partial charge in [0, 0.05) is 38.8 Å². The molecule has 1 saturated heterocycles. The van der Waals surface area contributed by atoms with E-state index in [-0.39, 0.29) is 5.60 Å². The van der Waals surface area contributed by atoms with Crippen LogP contribution in [0.4, 0.5) is 0 Å². The summed E-state index contributed by atoms with van der Waals surface area (Å²) in [5.74, 6) is 0.756. The Bertz CT molecular complexity index is 307. The van der Waals surface area contributed by atoms with Crippen LogP contribution in [0.5, 0.6) is 0 Å². The van der Waals surface area contributed by atoms with Crippen LogP contribution in [0.3, 0.4) is 0 Å². The maximum absolute atomic E-state index is 5.60. The van der Waals surface area contributed by atoms with Crippen LogP contribution in [0, 0.1) is 11.3 Å². The summed E-state index contributed by atoms with van der Waals surface area (Å²) >= 11 is 0. The average molecular weight is 299 g/mol. The van der Waals surface area contributed by atoms with E-state index < -0.39 is 0 Å². The first-order valence-electron chi connectivity index (χ1n) is 8.58. The van der Waals surface area contributed by atoms with Gasteiger partial charge in [-0.1, -0.05) is 34.6 Å². The molecule has 0 saturated carbocycles. The van der Waals surface area contributed by atoms with E-state index >= 15 is 0 Å². The highest BCUT2D eigenvalue weighted by Gasteiger charge is 2.36. The number of nitrogens with zero attached hydrogens (tertiary/aromatic N) is 1. The largest absolute Gasteiger partial charge is 0.379 e. The third kappa shape index (κ3) is 6.25. The van der Waals surface area contributed by atoms with Gasteiger partial charge in [0.1, 0.15) is 0 Å². The number of nitrogens with one attached hydrogen (secondary N) is 1. The summed E-state index contributed by atoms with van der Waals surface area (Å²) in [6, 6.07) is 1.24. The molecule has 126 valence electrons. The predicted octanol–water partition coefficient (Wildman–Crippen LogP) is 3.54. The van der Waals surface area contributed by atoms with Crippen LogP contribution in [-0.4, -0.2) is 49.3 Å². The summed E-state index contributed by atoms with van der Waals surface area (Å²) in [6.07, 6.45) is 2.35. The highest BCUT2D eigenvalue weighted by atomic mass is 16.5. The highest BCUT2D eigenvalue weighted by molar-refractivity contribution is 4.93. The van der Waals surface area contributed by atoms with Gasteiger partial charge < -0.3 is 10.1 Å². The maximum Gasteiger partial charge on any atom is 0.0634 e. The zero-order chi connectivity index (χ0) is 16.3. The molecule has 1 N–H and O–H groups in total. The van der Waals surface area contributed by atoms with Crippen LogP contribution in [0.1, 0.15) is 61.3 Å². The van der Waals surface area contributed by atoms with Crippen molar-refractivity contribution in [3.8, 4) is 0 Å². The lowest BCUT2D eigenvalue weighted by Gasteiger charge is -2.47. The van der Waals surface area contributed by atoms with E-state index in [1.807, 2.05) is 7.11 Å². The second kappa shape index (κ2) is 7.43. The first-order valence-corrected chi connectivity index (χ1v) is 8.58. The van der Waals surface area contributed by atoms with Crippen LogP contribution in [0.2, 0.25) is 0 Å². The van der Waals surface area contributed by atoms with Crippen molar-refractivity contribution >= 4 is 0 Å². The molecule has 1 fully saturated rings. The SMILES string of the molecule is COC(C)(C)CCN1CC(CC(C)C)NCC1C(C)(C)C. The Hall–Kier alpha value is -0.120. The number of hydrogen-bond donors (Lipinski definition) is 1. The van der Waals surface area contributed by atoms with E-state index in [1.54, 1.807) is 0 Å². The van der Waals surface area contributed by atoms with E-state index in [9.17, 15) is 0 Å². The Morgan fingerprint density at radius 2 is 1.81 bits per heavy atom. The summed E-state index contributed by atoms with van der Waals surface area (Å²) in [4.78, 5) is 2.70. The summed E-state index contributed by atoms with van der Waals surface area (Å²) < 4.78 is 5.60. The standard InChI is InChI=1S/C18H38N2O/c1-14(2)11-15-13-20(10-9-18(6,7)21-8)16(12-19-15)17(3,4)5/h14-16,19H,9-13H2,1-8H3. The van der Waals surface area contributed by atoms with Gasteiger partial charge in [-0.3, -0.25) is 4.90 Å². The molecule has 1 aliphatic rings. The lowest BCUT2D eigenvalue weighted by molar-refractivity contribution is -0.0122. The van der Waals surface area contributed by atoms with Gasteiger partial charge in [-0.05, 0) is 38.0 Å². The van der Waals surface area contributed by atoms with E-state index in [4.69, 9.17) is 4.74 Å². The Balaban J connectivity index is 2.69. The summed E-state index contributed by atoms with van der Waals surface area (Å²) in [5, 5.41) is 3.78. The summed E-state index contributed by atoms with van der Waals surface area (Å²) in [5.41, 5.74) is 0.286. The number of piperazine rings is 1. The van der Waals surface area contributed by atoms with Crippen molar-refractivity contribution in [1.29, 1.82) is 0 Å². The minimum absolute atomic E-state index is 0.0269. The van der Waals surface area contributed by atoms with Gasteiger partial charge in [0.05, 0.1) is 5.60 Å². The van der Waals surface area contributed by atoms with E-state index in [0.717, 1.165) is 25.4 Å². The van der Waals surface area contributed by atoms with Crippen molar-refractivity contribution in [3.63, 3.8) is 0 Å². The lowest BCUT2D eigenvalue weighted by atomic mass is 9.83. The molecule has 0 aromatic heterocycles. The molecule has 3 nitrogen and oxygen atoms in total. The smallest absolute Gasteiger partial charge is 0.0634 e. The Kier molecular flexibility index (Phi) is 6.70. The Morgan fingerprint density at radius 3 is 2.29 bits per heavy atom. The van der Waals surface area contributed by atoms with E-state index in [2.05, 4.69) is 58.7 Å². The van der Waals surface area contributed by atoms with Crippen molar-refractivity contribution in [2.24, 2.45) is 11.3 Å². The molecule has 2 atom stereocenters. The van der Waals surface area contributed by atoms with Crippen molar-refractivity contribution < 1.29 is 4.74 Å². The van der Waals surface area contributed by atoms with Crippen molar-refractivity contribution in [3.05, 3.63) is 0 Å². The van der Waals surface area contributed by atoms with Gasteiger partial charge in [-0.2, -0.15) is 0 Å². The third-order valence-electron chi connectivity index (χ3n) is 4.80. The zero-order valence-electron chi connectivity index (χ0n) is 15.6. The number of hydrogen-bond acceptors (Lipinski definition) is 3. The fourth-order valence-electron chi connectivity index (χ4n) is 3.23. The van der Waals surface area contributed by atoms with Gasteiger partial charge >= 0.3 is 0 Å². The maximum atomic E-state index is 5.60. The molecular formula is C18H38N2O. The molecule has 2 unspecified atom stereocenters. The molecule has 0 spiro atoms. The van der Waals surface area contributed by atoms with Gasteiger partial charge in [-0.25, -0.2) is 0 Å². The average Bonchev–Trinajstić information content (AvgIpc) is 2.34. The quantitative estimate of drug-likeness (QED) is 0.812. The molecule has 21 heavy (non-hydrogen) atoms. The third-order valence-corrected chi connectivity index (χ3v) is 4.80. The van der Waals surface area contributed by atoms with Crippen LogP contribution >= 0.6 is 0 Å².